The molecule has 2 N–H and O–H groups in total. The Bertz CT molecular complexity index is 1450. The van der Waals surface area contributed by atoms with Crippen molar-refractivity contribution in [2.75, 3.05) is 43.2 Å². The topological polar surface area (TPSA) is 126 Å². The second kappa shape index (κ2) is 10.8. The van der Waals surface area contributed by atoms with Crippen LogP contribution in [-0.2, 0) is 19.3 Å². The Labute approximate surface area is 231 Å². The zero-order valence-electron chi connectivity index (χ0n) is 22.0. The number of hydrogen-bond donors (Lipinski definition) is 2. The highest BCUT2D eigenvalue weighted by Gasteiger charge is 2.59. The van der Waals surface area contributed by atoms with Gasteiger partial charge in [-0.1, -0.05) is 0 Å². The number of aryl methyl sites for hydroxylation is 2. The van der Waals surface area contributed by atoms with E-state index in [0.29, 0.717) is 66.9 Å². The second-order valence-corrected chi connectivity index (χ2v) is 13.5. The fourth-order valence-electron chi connectivity index (χ4n) is 4.55. The lowest BCUT2D eigenvalue weighted by atomic mass is 10.1. The van der Waals surface area contributed by atoms with Crippen molar-refractivity contribution >= 4 is 38.7 Å². The Balaban J connectivity index is 1.54. The maximum Gasteiger partial charge on any atom is 0.319 e. The Morgan fingerprint density at radius 2 is 1.95 bits per heavy atom. The summed E-state index contributed by atoms with van der Waals surface area (Å²) in [6.07, 6.45) is 0.914. The number of nitrogens with zero attached hydrogens (tertiary/aromatic N) is 4. The molecule has 0 unspecified atom stereocenters. The van der Waals surface area contributed by atoms with Crippen LogP contribution in [0.5, 0.6) is 0 Å². The van der Waals surface area contributed by atoms with Crippen LogP contribution in [0.15, 0.2) is 34.7 Å². The number of alkyl halides is 1. The number of morpholine rings is 1. The first-order valence-electron chi connectivity index (χ1n) is 12.8. The number of amides is 2. The van der Waals surface area contributed by atoms with E-state index in [4.69, 9.17) is 14.7 Å². The quantitative estimate of drug-likeness (QED) is 0.414. The number of anilines is 2. The SMILES string of the molecule is Cc1nc(S(=O)(=O)C2(c3cc(N4CCOC[C@@H]4C)nc(-c4ccc(NC(=O)NCCF)cc4)n3)CC2)sc1C. The average molecular weight is 575 g/mol. The van der Waals surface area contributed by atoms with E-state index in [1.807, 2.05) is 20.8 Å². The van der Waals surface area contributed by atoms with E-state index in [9.17, 15) is 17.6 Å². The molecule has 1 aromatic carbocycles. The van der Waals surface area contributed by atoms with Crippen LogP contribution in [0.4, 0.5) is 20.7 Å². The van der Waals surface area contributed by atoms with Gasteiger partial charge < -0.3 is 20.3 Å². The Kier molecular flexibility index (Phi) is 7.57. The predicted octanol–water partition coefficient (Wildman–Crippen LogP) is 4.00. The number of ether oxygens (including phenoxy) is 1. The molecule has 1 aliphatic carbocycles. The second-order valence-electron chi connectivity index (χ2n) is 9.82. The molecule has 1 aliphatic heterocycles. The first-order chi connectivity index (χ1) is 18.6. The Morgan fingerprint density at radius 3 is 2.56 bits per heavy atom. The summed E-state index contributed by atoms with van der Waals surface area (Å²) in [5.74, 6) is 1.04. The third-order valence-electron chi connectivity index (χ3n) is 7.08. The Morgan fingerprint density at radius 1 is 1.21 bits per heavy atom. The van der Waals surface area contributed by atoms with Crippen molar-refractivity contribution in [3.05, 3.63) is 46.6 Å². The fourth-order valence-corrected chi connectivity index (χ4v) is 8.09. The van der Waals surface area contributed by atoms with Crippen molar-refractivity contribution in [3.63, 3.8) is 0 Å². The number of nitrogens with one attached hydrogen (secondary N) is 2. The molecule has 2 aromatic heterocycles. The first kappa shape index (κ1) is 27.4. The first-order valence-corrected chi connectivity index (χ1v) is 15.1. The lowest BCUT2D eigenvalue weighted by molar-refractivity contribution is 0.0985. The predicted molar refractivity (Wildman–Crippen MR) is 148 cm³/mol. The standard InChI is InChI=1S/C26H31FN6O4S2/c1-16-15-37-13-12-33(16)22-14-21(26(8-9-26)39(35,36)25-29-17(2)18(3)38-25)31-23(32-22)19-4-6-20(7-5-19)30-24(34)28-11-10-27/h4-7,14,16H,8-13,15H2,1-3H3,(H2,28,30,34)/t16-/m0/s1. The summed E-state index contributed by atoms with van der Waals surface area (Å²) in [6.45, 7) is 6.72. The van der Waals surface area contributed by atoms with Crippen molar-refractivity contribution in [3.8, 4) is 11.4 Å². The van der Waals surface area contributed by atoms with Gasteiger partial charge in [0, 0.05) is 35.3 Å². The fraction of sp³-hybridized carbons (Fsp3) is 0.462. The van der Waals surface area contributed by atoms with Crippen LogP contribution < -0.4 is 15.5 Å². The van der Waals surface area contributed by atoms with E-state index in [-0.39, 0.29) is 16.9 Å². The number of hydrogen-bond acceptors (Lipinski definition) is 9. The molecule has 13 heteroatoms. The molecule has 1 atom stereocenters. The minimum atomic E-state index is -3.78. The van der Waals surface area contributed by atoms with E-state index in [0.717, 1.165) is 4.88 Å². The number of thiazole rings is 1. The lowest BCUT2D eigenvalue weighted by Crippen LogP contribution is -2.44. The zero-order chi connectivity index (χ0) is 27.8. The van der Waals surface area contributed by atoms with Gasteiger partial charge in [0.2, 0.25) is 14.2 Å². The van der Waals surface area contributed by atoms with Gasteiger partial charge in [0.25, 0.3) is 0 Å². The number of sulfone groups is 1. The van der Waals surface area contributed by atoms with Gasteiger partial charge >= 0.3 is 6.03 Å². The smallest absolute Gasteiger partial charge is 0.319 e. The van der Waals surface area contributed by atoms with Gasteiger partial charge in [-0.3, -0.25) is 0 Å². The summed E-state index contributed by atoms with van der Waals surface area (Å²) in [5, 5.41) is 5.06. The monoisotopic (exact) mass is 574 g/mol. The average Bonchev–Trinajstić information content (AvgIpc) is 3.68. The number of carbonyl (C=O) groups is 1. The van der Waals surface area contributed by atoms with Crippen molar-refractivity contribution in [1.82, 2.24) is 20.3 Å². The molecular weight excluding hydrogens is 543 g/mol. The summed E-state index contributed by atoms with van der Waals surface area (Å²) >= 11 is 1.20. The normalized spacial score (nSPS) is 18.6. The highest BCUT2D eigenvalue weighted by atomic mass is 32.2. The van der Waals surface area contributed by atoms with Gasteiger partial charge in [0.1, 0.15) is 17.2 Å². The summed E-state index contributed by atoms with van der Waals surface area (Å²) < 4.78 is 44.7. The largest absolute Gasteiger partial charge is 0.377 e. The summed E-state index contributed by atoms with van der Waals surface area (Å²) in [5.41, 5.74) is 2.36. The highest BCUT2D eigenvalue weighted by Crippen LogP contribution is 2.55. The van der Waals surface area contributed by atoms with Crippen LogP contribution in [0.2, 0.25) is 0 Å². The van der Waals surface area contributed by atoms with Gasteiger partial charge in [-0.15, -0.1) is 11.3 Å². The zero-order valence-corrected chi connectivity index (χ0v) is 23.7. The van der Waals surface area contributed by atoms with Crippen molar-refractivity contribution < 1.29 is 22.3 Å². The van der Waals surface area contributed by atoms with Crippen LogP contribution >= 0.6 is 11.3 Å². The molecule has 0 bridgehead atoms. The lowest BCUT2D eigenvalue weighted by Gasteiger charge is -2.34. The van der Waals surface area contributed by atoms with E-state index in [1.165, 1.54) is 11.3 Å². The molecule has 1 saturated carbocycles. The minimum absolute atomic E-state index is 0.0554. The number of benzene rings is 1. The number of rotatable bonds is 8. The van der Waals surface area contributed by atoms with Crippen LogP contribution in [0, 0.1) is 13.8 Å². The maximum atomic E-state index is 13.9. The molecule has 2 aliphatic rings. The van der Waals surface area contributed by atoms with Crippen LogP contribution in [0.1, 0.15) is 36.0 Å². The molecular formula is C26H31FN6O4S2. The van der Waals surface area contributed by atoms with Crippen LogP contribution in [0.25, 0.3) is 11.4 Å². The summed E-state index contributed by atoms with van der Waals surface area (Å²) in [6, 6.07) is 8.27. The summed E-state index contributed by atoms with van der Waals surface area (Å²) in [7, 11) is -3.78. The van der Waals surface area contributed by atoms with Crippen molar-refractivity contribution in [2.24, 2.45) is 0 Å². The Hall–Kier alpha value is -3.16. The minimum Gasteiger partial charge on any atom is -0.377 e. The van der Waals surface area contributed by atoms with Gasteiger partial charge in [0.05, 0.1) is 30.6 Å². The summed E-state index contributed by atoms with van der Waals surface area (Å²) in [4.78, 5) is 28.9. The molecule has 208 valence electrons. The van der Waals surface area contributed by atoms with E-state index in [1.54, 1.807) is 30.3 Å². The third-order valence-corrected chi connectivity index (χ3v) is 11.1. The third kappa shape index (κ3) is 5.35. The molecule has 0 spiro atoms. The van der Waals surface area contributed by atoms with E-state index >= 15 is 0 Å². The van der Waals surface area contributed by atoms with Gasteiger partial charge in [-0.05, 0) is 57.9 Å². The molecule has 2 amide bonds. The van der Waals surface area contributed by atoms with E-state index in [2.05, 4.69) is 20.5 Å². The molecule has 10 nitrogen and oxygen atoms in total. The van der Waals surface area contributed by atoms with Gasteiger partial charge in [-0.2, -0.15) is 0 Å². The number of halogens is 1. The molecule has 1 saturated heterocycles. The maximum absolute atomic E-state index is 13.9. The van der Waals surface area contributed by atoms with Crippen molar-refractivity contribution in [2.45, 2.75) is 48.7 Å². The molecule has 3 aromatic rings. The molecule has 39 heavy (non-hydrogen) atoms. The highest BCUT2D eigenvalue weighted by molar-refractivity contribution is 7.94. The van der Waals surface area contributed by atoms with Gasteiger partial charge in [-0.25, -0.2) is 32.6 Å². The van der Waals surface area contributed by atoms with Crippen LogP contribution in [-0.4, -0.2) is 68.4 Å². The van der Waals surface area contributed by atoms with Gasteiger partial charge in [0.15, 0.2) is 5.82 Å². The van der Waals surface area contributed by atoms with Crippen LogP contribution in [0.3, 0.4) is 0 Å². The molecule has 5 rings (SSSR count). The van der Waals surface area contributed by atoms with E-state index < -0.39 is 27.3 Å². The molecule has 3 heterocycles. The van der Waals surface area contributed by atoms with Crippen molar-refractivity contribution in [1.29, 1.82) is 0 Å². The number of aromatic nitrogens is 3. The molecule has 2 fully saturated rings. The number of urea groups is 1. The molecule has 0 radical (unpaired) electrons. The number of carbonyl (C=O) groups excluding carboxylic acids is 1.